The van der Waals surface area contributed by atoms with Gasteiger partial charge in [0.05, 0.1) is 33.3 Å². The maximum atomic E-state index is 12.4. The monoisotopic (exact) mass is 578 g/mol. The molecular weight excluding hydrogens is 555 g/mol. The first kappa shape index (κ1) is 27.1. The Balaban J connectivity index is 1.51. The molecule has 0 fully saturated rings. The van der Waals surface area contributed by atoms with Gasteiger partial charge in [-0.25, -0.2) is 28.1 Å². The van der Waals surface area contributed by atoms with Crippen LogP contribution in [-0.2, 0) is 10.0 Å². The molecule has 0 aliphatic rings. The van der Waals surface area contributed by atoms with Crippen molar-refractivity contribution in [3.05, 3.63) is 64.8 Å². The Bertz CT molecular complexity index is 1480. The van der Waals surface area contributed by atoms with Crippen molar-refractivity contribution < 1.29 is 13.2 Å². The minimum atomic E-state index is -3.65. The van der Waals surface area contributed by atoms with Crippen LogP contribution >= 0.6 is 34.5 Å². The van der Waals surface area contributed by atoms with Crippen molar-refractivity contribution in [3.8, 4) is 27.6 Å². The molecule has 0 aliphatic carbocycles. The Morgan fingerprint density at radius 2 is 1.78 bits per heavy atom. The van der Waals surface area contributed by atoms with Crippen molar-refractivity contribution >= 4 is 55.6 Å². The third-order valence-electron chi connectivity index (χ3n) is 5.09. The normalized spacial score (nSPS) is 11.4. The number of halogens is 2. The van der Waals surface area contributed by atoms with Crippen molar-refractivity contribution in [3.63, 3.8) is 0 Å². The molecule has 194 valence electrons. The smallest absolute Gasteiger partial charge is 0.240 e. The van der Waals surface area contributed by atoms with Crippen LogP contribution in [0.25, 0.3) is 21.8 Å². The van der Waals surface area contributed by atoms with Crippen LogP contribution in [0, 0.1) is 0 Å². The second-order valence-electron chi connectivity index (χ2n) is 7.62. The van der Waals surface area contributed by atoms with E-state index >= 15 is 0 Å². The molecule has 37 heavy (non-hydrogen) atoms. The molecule has 2 aromatic carbocycles. The fourth-order valence-electron chi connectivity index (χ4n) is 3.35. The minimum Gasteiger partial charge on any atom is -0.495 e. The van der Waals surface area contributed by atoms with E-state index in [1.807, 2.05) is 19.1 Å². The van der Waals surface area contributed by atoms with Gasteiger partial charge in [-0.15, -0.1) is 0 Å². The van der Waals surface area contributed by atoms with E-state index in [9.17, 15) is 8.42 Å². The zero-order valence-electron chi connectivity index (χ0n) is 20.0. The van der Waals surface area contributed by atoms with Crippen LogP contribution in [0.15, 0.2) is 59.6 Å². The van der Waals surface area contributed by atoms with Gasteiger partial charge in [0, 0.05) is 36.4 Å². The molecule has 0 saturated carbocycles. The Labute approximate surface area is 229 Å². The number of thiazole rings is 1. The fourth-order valence-corrected chi connectivity index (χ4v) is 5.73. The Morgan fingerprint density at radius 3 is 2.51 bits per heavy atom. The minimum absolute atomic E-state index is 0.138. The number of hydrogen-bond acceptors (Lipinski definition) is 9. The van der Waals surface area contributed by atoms with E-state index in [4.69, 9.17) is 32.9 Å². The van der Waals surface area contributed by atoms with E-state index in [0.717, 1.165) is 27.8 Å². The topological polar surface area (TPSA) is 118 Å². The van der Waals surface area contributed by atoms with Gasteiger partial charge in [0.25, 0.3) is 0 Å². The number of hydrogen-bond donors (Lipinski definition) is 3. The molecule has 2 aromatic heterocycles. The molecular formula is C24H24Cl2N6O3S2. The van der Waals surface area contributed by atoms with Gasteiger partial charge in [-0.2, -0.15) is 0 Å². The van der Waals surface area contributed by atoms with E-state index in [0.29, 0.717) is 27.4 Å². The number of anilines is 2. The lowest BCUT2D eigenvalue weighted by Crippen LogP contribution is -2.29. The van der Waals surface area contributed by atoms with E-state index < -0.39 is 10.0 Å². The number of nitrogens with zero attached hydrogens (tertiary/aromatic N) is 3. The molecule has 4 rings (SSSR count). The summed E-state index contributed by atoms with van der Waals surface area (Å²) in [5, 5.41) is 8.05. The quantitative estimate of drug-likeness (QED) is 0.202. The predicted molar refractivity (Wildman–Crippen MR) is 149 cm³/mol. The Hall–Kier alpha value is -2.96. The van der Waals surface area contributed by atoms with Gasteiger partial charge >= 0.3 is 0 Å². The highest BCUT2D eigenvalue weighted by Gasteiger charge is 2.18. The molecule has 0 radical (unpaired) electrons. The highest BCUT2D eigenvalue weighted by Crippen LogP contribution is 2.40. The third-order valence-corrected chi connectivity index (χ3v) is 8.17. The van der Waals surface area contributed by atoms with Crippen LogP contribution in [0.5, 0.6) is 5.75 Å². The first-order valence-electron chi connectivity index (χ1n) is 11.2. The maximum Gasteiger partial charge on any atom is 0.240 e. The van der Waals surface area contributed by atoms with Gasteiger partial charge in [-0.1, -0.05) is 40.6 Å². The molecule has 0 saturated heterocycles. The summed E-state index contributed by atoms with van der Waals surface area (Å²) in [4.78, 5) is 14.6. The number of methoxy groups -OCH3 is 1. The molecule has 4 aromatic rings. The van der Waals surface area contributed by atoms with Gasteiger partial charge in [-0.05, 0) is 49.4 Å². The molecule has 0 spiro atoms. The summed E-state index contributed by atoms with van der Waals surface area (Å²) in [6.45, 7) is 3.14. The first-order valence-corrected chi connectivity index (χ1v) is 14.3. The summed E-state index contributed by atoms with van der Waals surface area (Å²) >= 11 is 13.5. The van der Waals surface area contributed by atoms with Crippen LogP contribution in [0.1, 0.15) is 6.92 Å². The molecule has 0 aliphatic heterocycles. The van der Waals surface area contributed by atoms with Crippen molar-refractivity contribution in [2.24, 2.45) is 0 Å². The number of aromatic nitrogens is 3. The summed E-state index contributed by atoms with van der Waals surface area (Å²) in [7, 11) is -2.09. The summed E-state index contributed by atoms with van der Waals surface area (Å²) in [6, 6.07) is 13.3. The van der Waals surface area contributed by atoms with Gasteiger partial charge in [0.15, 0.2) is 5.13 Å². The largest absolute Gasteiger partial charge is 0.495 e. The van der Waals surface area contributed by atoms with Crippen molar-refractivity contribution in [2.45, 2.75) is 11.8 Å². The summed E-state index contributed by atoms with van der Waals surface area (Å²) in [5.74, 6) is 0.912. The fraction of sp³-hybridized carbons (Fsp3) is 0.208. The molecule has 3 N–H and O–H groups in total. The van der Waals surface area contributed by atoms with Crippen LogP contribution in [0.3, 0.4) is 0 Å². The Kier molecular flexibility index (Phi) is 8.83. The van der Waals surface area contributed by atoms with E-state index in [2.05, 4.69) is 25.3 Å². The number of benzene rings is 2. The van der Waals surface area contributed by atoms with E-state index in [-0.39, 0.29) is 18.0 Å². The van der Waals surface area contributed by atoms with Gasteiger partial charge in [0.1, 0.15) is 5.75 Å². The summed E-state index contributed by atoms with van der Waals surface area (Å²) < 4.78 is 32.8. The summed E-state index contributed by atoms with van der Waals surface area (Å²) in [6.07, 6.45) is 1.64. The maximum absolute atomic E-state index is 12.4. The lowest BCUT2D eigenvalue weighted by Gasteiger charge is -2.09. The molecule has 13 heteroatoms. The van der Waals surface area contributed by atoms with Gasteiger partial charge in [0.2, 0.25) is 16.0 Å². The Morgan fingerprint density at radius 1 is 1.00 bits per heavy atom. The standard InChI is InChI=1S/C24H24Cl2N6O3S2/c1-3-27-24-32-21(15-4-9-18(26)20(14-15)35-2)22(36-24)19-10-11-28-23(31-19)29-12-13-30-37(33,34)17-7-5-16(25)6-8-17/h4-11,14,30H,3,12-13H2,1-2H3,(H,27,32)(H,28,29,31). The highest BCUT2D eigenvalue weighted by molar-refractivity contribution is 7.89. The van der Waals surface area contributed by atoms with Crippen LogP contribution in [0.4, 0.5) is 11.1 Å². The lowest BCUT2D eigenvalue weighted by molar-refractivity contribution is 0.415. The number of nitrogens with one attached hydrogen (secondary N) is 3. The van der Waals surface area contributed by atoms with Gasteiger partial charge in [-0.3, -0.25) is 0 Å². The third kappa shape index (κ3) is 6.68. The molecule has 0 atom stereocenters. The average molecular weight is 580 g/mol. The first-order chi connectivity index (χ1) is 17.8. The van der Waals surface area contributed by atoms with Crippen molar-refractivity contribution in [1.29, 1.82) is 0 Å². The zero-order chi connectivity index (χ0) is 26.4. The second kappa shape index (κ2) is 12.1. The van der Waals surface area contributed by atoms with Crippen molar-refractivity contribution in [1.82, 2.24) is 19.7 Å². The van der Waals surface area contributed by atoms with Gasteiger partial charge < -0.3 is 15.4 Å². The molecule has 0 amide bonds. The van der Waals surface area contributed by atoms with Crippen molar-refractivity contribution in [2.75, 3.05) is 37.4 Å². The number of ether oxygens (including phenoxy) is 1. The highest BCUT2D eigenvalue weighted by atomic mass is 35.5. The SMILES string of the molecule is CCNc1nc(-c2ccc(Cl)c(OC)c2)c(-c2ccnc(NCCNS(=O)(=O)c3ccc(Cl)cc3)n2)s1. The molecule has 9 nitrogen and oxygen atoms in total. The van der Waals surface area contributed by atoms with E-state index in [1.54, 1.807) is 25.4 Å². The van der Waals surface area contributed by atoms with E-state index in [1.165, 1.54) is 35.6 Å². The van der Waals surface area contributed by atoms with Crippen LogP contribution in [0.2, 0.25) is 10.0 Å². The van der Waals surface area contributed by atoms with Crippen LogP contribution < -0.4 is 20.1 Å². The molecule has 0 bridgehead atoms. The van der Waals surface area contributed by atoms with Crippen LogP contribution in [-0.4, -0.2) is 50.1 Å². The predicted octanol–water partition coefficient (Wildman–Crippen LogP) is 5.40. The second-order valence-corrected chi connectivity index (χ2v) is 11.2. The number of sulfonamides is 1. The lowest BCUT2D eigenvalue weighted by atomic mass is 10.1. The average Bonchev–Trinajstić information content (AvgIpc) is 3.31. The number of rotatable bonds is 11. The zero-order valence-corrected chi connectivity index (χ0v) is 23.1. The molecule has 0 unspecified atom stereocenters. The summed E-state index contributed by atoms with van der Waals surface area (Å²) in [5.41, 5.74) is 2.24. The molecule has 2 heterocycles.